The van der Waals surface area contributed by atoms with Crippen LogP contribution in [-0.4, -0.2) is 12.4 Å². The summed E-state index contributed by atoms with van der Waals surface area (Å²) in [6.07, 6.45) is 4.92. The van der Waals surface area contributed by atoms with Crippen molar-refractivity contribution in [3.05, 3.63) is 71.7 Å². The molecule has 0 amide bonds. The van der Waals surface area contributed by atoms with Crippen LogP contribution in [0.3, 0.4) is 0 Å². The lowest BCUT2D eigenvalue weighted by molar-refractivity contribution is 0.104. The number of ether oxygens (including phenoxy) is 1. The normalized spacial score (nSPS) is 10.8. The van der Waals surface area contributed by atoms with Gasteiger partial charge in [-0.1, -0.05) is 19.4 Å². The summed E-state index contributed by atoms with van der Waals surface area (Å²) < 4.78 is 19.2. The lowest BCUT2D eigenvalue weighted by Gasteiger charge is -2.05. The molecule has 0 aromatic heterocycles. The molecule has 2 aromatic rings. The minimum absolute atomic E-state index is 0.157. The summed E-state index contributed by atoms with van der Waals surface area (Å²) in [6, 6.07) is 11.8. The monoisotopic (exact) mass is 327 g/mol. The Morgan fingerprint density at radius 2 is 1.96 bits per heavy atom. The number of hydrogen-bond acceptors (Lipinski definition) is 3. The largest absolute Gasteiger partial charge is 0.494 e. The first-order valence-corrected chi connectivity index (χ1v) is 8.06. The molecule has 0 atom stereocenters. The van der Waals surface area contributed by atoms with Gasteiger partial charge >= 0.3 is 0 Å². The van der Waals surface area contributed by atoms with Crippen molar-refractivity contribution in [2.45, 2.75) is 26.7 Å². The second kappa shape index (κ2) is 8.87. The molecular formula is C20H22FNO2. The van der Waals surface area contributed by atoms with Crippen LogP contribution >= 0.6 is 0 Å². The van der Waals surface area contributed by atoms with Gasteiger partial charge in [-0.3, -0.25) is 4.79 Å². The lowest BCUT2D eigenvalue weighted by atomic mass is 10.1. The van der Waals surface area contributed by atoms with Crippen LogP contribution in [0.5, 0.6) is 5.75 Å². The standard InChI is InChI=1S/C20H22FNO2/c1-3-4-13-24-17-8-6-16(7-9-17)20(23)11-12-22-19-14-15(2)5-10-18(19)21/h5-12,14,22H,3-4,13H2,1-2H3. The third kappa shape index (κ3) is 5.23. The number of rotatable bonds is 8. The molecule has 0 spiro atoms. The molecule has 24 heavy (non-hydrogen) atoms. The number of hydrogen-bond donors (Lipinski definition) is 1. The van der Waals surface area contributed by atoms with Crippen molar-refractivity contribution in [1.29, 1.82) is 0 Å². The number of nitrogens with one attached hydrogen (secondary N) is 1. The molecule has 0 saturated heterocycles. The molecule has 0 aliphatic carbocycles. The van der Waals surface area contributed by atoms with Gasteiger partial charge in [0, 0.05) is 17.8 Å². The zero-order chi connectivity index (χ0) is 17.4. The molecule has 0 bridgehead atoms. The van der Waals surface area contributed by atoms with E-state index >= 15 is 0 Å². The van der Waals surface area contributed by atoms with Gasteiger partial charge < -0.3 is 10.1 Å². The lowest BCUT2D eigenvalue weighted by Crippen LogP contribution is -1.99. The fourth-order valence-corrected chi connectivity index (χ4v) is 2.10. The van der Waals surface area contributed by atoms with Crippen LogP contribution in [-0.2, 0) is 0 Å². The molecule has 0 heterocycles. The number of aryl methyl sites for hydroxylation is 1. The first-order chi connectivity index (χ1) is 11.6. The number of carbonyl (C=O) groups is 1. The Morgan fingerprint density at radius 1 is 1.21 bits per heavy atom. The van der Waals surface area contributed by atoms with E-state index in [1.165, 1.54) is 18.3 Å². The molecule has 0 radical (unpaired) electrons. The molecule has 2 aromatic carbocycles. The Balaban J connectivity index is 1.93. The van der Waals surface area contributed by atoms with Crippen molar-refractivity contribution in [3.8, 4) is 5.75 Å². The average Bonchev–Trinajstić information content (AvgIpc) is 2.58. The minimum Gasteiger partial charge on any atom is -0.494 e. The quantitative estimate of drug-likeness (QED) is 0.415. The van der Waals surface area contributed by atoms with Crippen molar-refractivity contribution >= 4 is 11.5 Å². The van der Waals surface area contributed by atoms with Crippen LogP contribution in [0, 0.1) is 12.7 Å². The summed E-state index contributed by atoms with van der Waals surface area (Å²) >= 11 is 0. The first-order valence-electron chi connectivity index (χ1n) is 8.06. The van der Waals surface area contributed by atoms with Crippen LogP contribution in [0.15, 0.2) is 54.7 Å². The van der Waals surface area contributed by atoms with E-state index in [9.17, 15) is 9.18 Å². The Kier molecular flexibility index (Phi) is 6.55. The molecule has 4 heteroatoms. The summed E-state index contributed by atoms with van der Waals surface area (Å²) in [7, 11) is 0. The highest BCUT2D eigenvalue weighted by Gasteiger charge is 2.03. The van der Waals surface area contributed by atoms with Crippen LogP contribution in [0.4, 0.5) is 10.1 Å². The SMILES string of the molecule is CCCCOc1ccc(C(=O)C=CNc2cc(C)ccc2F)cc1. The number of unbranched alkanes of at least 4 members (excludes halogenated alkanes) is 1. The third-order valence-corrected chi connectivity index (χ3v) is 3.50. The van der Waals surface area contributed by atoms with Gasteiger partial charge in [0.15, 0.2) is 5.78 Å². The molecule has 126 valence electrons. The Bertz CT molecular complexity index is 708. The topological polar surface area (TPSA) is 38.3 Å². The number of carbonyl (C=O) groups excluding carboxylic acids is 1. The summed E-state index contributed by atoms with van der Waals surface area (Å²) in [5.41, 5.74) is 1.84. The van der Waals surface area contributed by atoms with E-state index in [0.29, 0.717) is 17.9 Å². The van der Waals surface area contributed by atoms with Crippen LogP contribution in [0.2, 0.25) is 0 Å². The third-order valence-electron chi connectivity index (χ3n) is 3.50. The van der Waals surface area contributed by atoms with E-state index in [1.54, 1.807) is 36.4 Å². The highest BCUT2D eigenvalue weighted by Crippen LogP contribution is 2.16. The number of benzene rings is 2. The van der Waals surface area contributed by atoms with E-state index in [2.05, 4.69) is 12.2 Å². The summed E-state index contributed by atoms with van der Waals surface area (Å²) in [5, 5.41) is 2.80. The predicted octanol–water partition coefficient (Wildman–Crippen LogP) is 5.12. The van der Waals surface area contributed by atoms with Gasteiger partial charge in [-0.2, -0.15) is 0 Å². The Morgan fingerprint density at radius 3 is 2.67 bits per heavy atom. The molecule has 0 aliphatic rings. The second-order valence-corrected chi connectivity index (χ2v) is 5.55. The molecule has 2 rings (SSSR count). The summed E-state index contributed by atoms with van der Waals surface area (Å²) in [4.78, 5) is 12.1. The minimum atomic E-state index is -0.355. The van der Waals surface area contributed by atoms with Gasteiger partial charge in [-0.05, 0) is 55.3 Å². The molecular weight excluding hydrogens is 305 g/mol. The molecule has 0 aliphatic heterocycles. The average molecular weight is 327 g/mol. The zero-order valence-corrected chi connectivity index (χ0v) is 14.0. The van der Waals surface area contributed by atoms with Gasteiger partial charge in [0.1, 0.15) is 11.6 Å². The number of allylic oxidation sites excluding steroid dienone is 1. The predicted molar refractivity (Wildman–Crippen MR) is 95.1 cm³/mol. The number of halogens is 1. The van der Waals surface area contributed by atoms with Crippen molar-refractivity contribution in [1.82, 2.24) is 0 Å². The Labute approximate surface area is 142 Å². The zero-order valence-electron chi connectivity index (χ0n) is 14.0. The maximum absolute atomic E-state index is 13.6. The number of ketones is 1. The van der Waals surface area contributed by atoms with Crippen LogP contribution in [0.25, 0.3) is 0 Å². The van der Waals surface area contributed by atoms with E-state index < -0.39 is 0 Å². The summed E-state index contributed by atoms with van der Waals surface area (Å²) in [5.74, 6) is 0.242. The smallest absolute Gasteiger partial charge is 0.187 e. The highest BCUT2D eigenvalue weighted by molar-refractivity contribution is 6.04. The Hall–Kier alpha value is -2.62. The maximum Gasteiger partial charge on any atom is 0.187 e. The fourth-order valence-electron chi connectivity index (χ4n) is 2.10. The van der Waals surface area contributed by atoms with Crippen LogP contribution in [0.1, 0.15) is 35.7 Å². The molecule has 0 unspecified atom stereocenters. The maximum atomic E-state index is 13.6. The van der Waals surface area contributed by atoms with Gasteiger partial charge in [-0.25, -0.2) is 4.39 Å². The van der Waals surface area contributed by atoms with Crippen molar-refractivity contribution < 1.29 is 13.9 Å². The van der Waals surface area contributed by atoms with Gasteiger partial charge in [0.2, 0.25) is 0 Å². The highest BCUT2D eigenvalue weighted by atomic mass is 19.1. The molecule has 3 nitrogen and oxygen atoms in total. The molecule has 0 saturated carbocycles. The second-order valence-electron chi connectivity index (χ2n) is 5.55. The van der Waals surface area contributed by atoms with Crippen molar-refractivity contribution in [2.75, 3.05) is 11.9 Å². The van der Waals surface area contributed by atoms with E-state index in [-0.39, 0.29) is 11.6 Å². The van der Waals surface area contributed by atoms with Gasteiger partial charge in [0.05, 0.1) is 12.3 Å². The number of anilines is 1. The fraction of sp³-hybridized carbons (Fsp3) is 0.250. The van der Waals surface area contributed by atoms with Crippen molar-refractivity contribution in [3.63, 3.8) is 0 Å². The van der Waals surface area contributed by atoms with Gasteiger partial charge in [0.25, 0.3) is 0 Å². The van der Waals surface area contributed by atoms with Crippen LogP contribution < -0.4 is 10.1 Å². The van der Waals surface area contributed by atoms with E-state index in [0.717, 1.165) is 24.2 Å². The molecule has 1 N–H and O–H groups in total. The summed E-state index contributed by atoms with van der Waals surface area (Å²) in [6.45, 7) is 4.66. The first kappa shape index (κ1) is 17.7. The van der Waals surface area contributed by atoms with Gasteiger partial charge in [-0.15, -0.1) is 0 Å². The van der Waals surface area contributed by atoms with Crippen molar-refractivity contribution in [2.24, 2.45) is 0 Å². The molecule has 0 fully saturated rings. The van der Waals surface area contributed by atoms with E-state index in [4.69, 9.17) is 4.74 Å². The van der Waals surface area contributed by atoms with E-state index in [1.807, 2.05) is 6.92 Å².